The minimum atomic E-state index is -0.502. The highest BCUT2D eigenvalue weighted by Crippen LogP contribution is 2.06. The van der Waals surface area contributed by atoms with E-state index in [1.54, 1.807) is 20.8 Å². The number of hydrogen-bond donors (Lipinski definition) is 2. The number of ether oxygens (including phenoxy) is 1. The van der Waals surface area contributed by atoms with Crippen LogP contribution in [0.2, 0.25) is 0 Å². The Morgan fingerprint density at radius 1 is 1.62 bits per heavy atom. The zero-order chi connectivity index (χ0) is 10.5. The number of carbonyl (C=O) groups excluding carboxylic acids is 1. The Kier molecular flexibility index (Phi) is 4.72. The fourth-order valence-electron chi connectivity index (χ4n) is 0.559. The van der Waals surface area contributed by atoms with Crippen molar-refractivity contribution in [2.45, 2.75) is 32.5 Å². The third-order valence-corrected chi connectivity index (χ3v) is 1.07. The molecule has 0 aliphatic carbocycles. The zero-order valence-corrected chi connectivity index (χ0v) is 8.29. The monoisotopic (exact) mass is 189 g/mol. The lowest BCUT2D eigenvalue weighted by Gasteiger charge is -2.20. The number of nitrogens with two attached hydrogens (primary N) is 1. The molecule has 77 valence electrons. The smallest absolute Gasteiger partial charge is 0.407 e. The highest BCUT2D eigenvalue weighted by atomic mass is 16.6. The van der Waals surface area contributed by atoms with Crippen LogP contribution in [0.5, 0.6) is 0 Å². The first-order valence-corrected chi connectivity index (χ1v) is 4.00. The molecule has 0 unspecified atom stereocenters. The largest absolute Gasteiger partial charge is 0.444 e. The number of carbonyl (C=O) groups is 1. The first-order chi connectivity index (χ1) is 5.85. The van der Waals surface area contributed by atoms with Gasteiger partial charge in [-0.2, -0.15) is 0 Å². The van der Waals surface area contributed by atoms with Crippen LogP contribution in [-0.2, 0) is 9.57 Å². The van der Waals surface area contributed by atoms with E-state index in [0.29, 0.717) is 0 Å². The summed E-state index contributed by atoms with van der Waals surface area (Å²) >= 11 is 0. The molecule has 0 aromatic rings. The van der Waals surface area contributed by atoms with Crippen LogP contribution in [0.25, 0.3) is 0 Å². The zero-order valence-electron chi connectivity index (χ0n) is 8.29. The summed E-state index contributed by atoms with van der Waals surface area (Å²) in [5, 5.41) is 2.46. The van der Waals surface area contributed by atoms with Gasteiger partial charge in [-0.3, -0.25) is 4.84 Å². The van der Waals surface area contributed by atoms with Gasteiger partial charge in [-0.15, -0.1) is 0 Å². The van der Waals surface area contributed by atoms with Crippen molar-refractivity contribution in [3.63, 3.8) is 0 Å². The van der Waals surface area contributed by atoms with Gasteiger partial charge < -0.3 is 10.1 Å². The lowest BCUT2D eigenvalue weighted by molar-refractivity contribution is 0.0443. The molecular formula is C8H17N2O3. The topological polar surface area (TPSA) is 73.6 Å². The van der Waals surface area contributed by atoms with E-state index in [9.17, 15) is 4.79 Å². The Morgan fingerprint density at radius 2 is 2.15 bits per heavy atom. The number of alkyl carbamates (subject to hydrolysis) is 1. The quantitative estimate of drug-likeness (QED) is 0.638. The van der Waals surface area contributed by atoms with E-state index in [1.807, 2.05) is 0 Å². The molecule has 0 saturated heterocycles. The number of nitrogens with one attached hydrogen (secondary N) is 1. The summed E-state index contributed by atoms with van der Waals surface area (Å²) < 4.78 is 4.96. The van der Waals surface area contributed by atoms with Gasteiger partial charge in [0, 0.05) is 6.54 Å². The molecule has 0 aliphatic rings. The maximum Gasteiger partial charge on any atom is 0.407 e. The molecule has 0 saturated carbocycles. The minimum absolute atomic E-state index is 0.228. The highest BCUT2D eigenvalue weighted by Gasteiger charge is 2.16. The van der Waals surface area contributed by atoms with Crippen molar-refractivity contribution in [3.8, 4) is 0 Å². The second-order valence-corrected chi connectivity index (χ2v) is 3.64. The van der Waals surface area contributed by atoms with Crippen molar-refractivity contribution in [2.24, 2.45) is 5.90 Å². The predicted molar refractivity (Wildman–Crippen MR) is 48.7 cm³/mol. The van der Waals surface area contributed by atoms with E-state index >= 15 is 0 Å². The summed E-state index contributed by atoms with van der Waals surface area (Å²) in [5.41, 5.74) is -0.496. The molecule has 1 atom stereocenters. The standard InChI is InChI=1S/C8H17N2O3/c1-6(13-9)5-10-7(11)12-8(2,3)4/h6H,1,5,9H2,2-4H3,(H,10,11)/t6-/m1/s1. The molecule has 5 nitrogen and oxygen atoms in total. The minimum Gasteiger partial charge on any atom is -0.444 e. The lowest BCUT2D eigenvalue weighted by Crippen LogP contribution is -2.37. The molecule has 13 heavy (non-hydrogen) atoms. The summed E-state index contributed by atoms with van der Waals surface area (Å²) in [7, 11) is 0. The van der Waals surface area contributed by atoms with Crippen LogP contribution in [0, 0.1) is 6.92 Å². The molecule has 1 amide bonds. The van der Waals surface area contributed by atoms with Crippen molar-refractivity contribution in [3.05, 3.63) is 6.92 Å². The highest BCUT2D eigenvalue weighted by molar-refractivity contribution is 5.67. The molecule has 0 spiro atoms. The van der Waals surface area contributed by atoms with Gasteiger partial charge in [-0.25, -0.2) is 10.7 Å². The van der Waals surface area contributed by atoms with Crippen LogP contribution >= 0.6 is 0 Å². The SMILES string of the molecule is [CH2][C@H](CNC(=O)OC(C)(C)C)ON. The van der Waals surface area contributed by atoms with Crippen molar-refractivity contribution >= 4 is 6.09 Å². The van der Waals surface area contributed by atoms with Gasteiger partial charge in [0.1, 0.15) is 5.60 Å². The number of rotatable bonds is 3. The first-order valence-electron chi connectivity index (χ1n) is 4.00. The Bertz CT molecular complexity index is 165. The van der Waals surface area contributed by atoms with Gasteiger partial charge in [0.15, 0.2) is 0 Å². The Balaban J connectivity index is 3.64. The van der Waals surface area contributed by atoms with Crippen molar-refractivity contribution in [2.75, 3.05) is 6.54 Å². The summed E-state index contributed by atoms with van der Waals surface area (Å²) in [5.74, 6) is 4.83. The Hall–Kier alpha value is -0.810. The van der Waals surface area contributed by atoms with Crippen molar-refractivity contribution in [1.82, 2.24) is 5.32 Å². The second kappa shape index (κ2) is 5.04. The molecule has 0 aromatic carbocycles. The Morgan fingerprint density at radius 3 is 2.54 bits per heavy atom. The fraction of sp³-hybridized carbons (Fsp3) is 0.750. The summed E-state index contributed by atoms with van der Waals surface area (Å²) in [4.78, 5) is 15.4. The van der Waals surface area contributed by atoms with Gasteiger partial charge in [0.05, 0.1) is 6.10 Å². The van der Waals surface area contributed by atoms with E-state index in [0.717, 1.165) is 0 Å². The Labute approximate surface area is 78.5 Å². The van der Waals surface area contributed by atoms with E-state index in [2.05, 4.69) is 17.1 Å². The van der Waals surface area contributed by atoms with Crippen LogP contribution < -0.4 is 11.2 Å². The molecular weight excluding hydrogens is 172 g/mol. The molecule has 0 heterocycles. The van der Waals surface area contributed by atoms with Gasteiger partial charge in [-0.1, -0.05) is 0 Å². The predicted octanol–water partition coefficient (Wildman–Crippen LogP) is 0.604. The van der Waals surface area contributed by atoms with E-state index in [1.165, 1.54) is 0 Å². The normalized spacial score (nSPS) is 13.6. The van der Waals surface area contributed by atoms with E-state index < -0.39 is 17.8 Å². The van der Waals surface area contributed by atoms with E-state index in [-0.39, 0.29) is 6.54 Å². The second-order valence-electron chi connectivity index (χ2n) is 3.64. The van der Waals surface area contributed by atoms with Gasteiger partial charge in [0.2, 0.25) is 0 Å². The average Bonchev–Trinajstić information content (AvgIpc) is 1.97. The summed E-state index contributed by atoms with van der Waals surface area (Å²) in [6.07, 6.45) is -0.967. The average molecular weight is 189 g/mol. The first kappa shape index (κ1) is 12.2. The fourth-order valence-corrected chi connectivity index (χ4v) is 0.559. The third-order valence-electron chi connectivity index (χ3n) is 1.07. The molecule has 0 aromatic heterocycles. The van der Waals surface area contributed by atoms with Gasteiger partial charge >= 0.3 is 6.09 Å². The molecule has 0 aliphatic heterocycles. The molecule has 1 radical (unpaired) electrons. The third kappa shape index (κ3) is 7.55. The maximum atomic E-state index is 11.0. The lowest BCUT2D eigenvalue weighted by atomic mass is 10.2. The number of amides is 1. The maximum absolute atomic E-state index is 11.0. The van der Waals surface area contributed by atoms with E-state index in [4.69, 9.17) is 10.6 Å². The summed E-state index contributed by atoms with van der Waals surface area (Å²) in [6, 6.07) is 0. The molecule has 0 rings (SSSR count). The van der Waals surface area contributed by atoms with Crippen molar-refractivity contribution < 1.29 is 14.4 Å². The van der Waals surface area contributed by atoms with Crippen LogP contribution in [0.3, 0.4) is 0 Å². The molecule has 0 fully saturated rings. The summed E-state index contributed by atoms with van der Waals surface area (Å²) in [6.45, 7) is 9.09. The van der Waals surface area contributed by atoms with Gasteiger partial charge in [-0.05, 0) is 27.7 Å². The van der Waals surface area contributed by atoms with Gasteiger partial charge in [0.25, 0.3) is 0 Å². The number of hydrogen-bond acceptors (Lipinski definition) is 4. The van der Waals surface area contributed by atoms with Crippen LogP contribution in [0.1, 0.15) is 20.8 Å². The molecule has 3 N–H and O–H groups in total. The van der Waals surface area contributed by atoms with Crippen LogP contribution in [0.15, 0.2) is 0 Å². The molecule has 5 heteroatoms. The molecule has 0 bridgehead atoms. The van der Waals surface area contributed by atoms with Crippen molar-refractivity contribution in [1.29, 1.82) is 0 Å². The van der Waals surface area contributed by atoms with Crippen LogP contribution in [-0.4, -0.2) is 24.3 Å². The van der Waals surface area contributed by atoms with Crippen LogP contribution in [0.4, 0.5) is 4.79 Å².